The average molecular weight is 1080 g/mol. The fourth-order valence-electron chi connectivity index (χ4n) is 8.17. The minimum Gasteiger partial charge on any atom is -0.467 e. The summed E-state index contributed by atoms with van der Waals surface area (Å²) in [5.74, 6) is -1.01. The third-order valence-electron chi connectivity index (χ3n) is 11.0. The van der Waals surface area contributed by atoms with Gasteiger partial charge >= 0.3 is 24.1 Å². The van der Waals surface area contributed by atoms with E-state index in [1.165, 1.54) is 24.0 Å². The molecule has 2 heterocycles. The fraction of sp³-hybridized carbons (Fsp3) is 0.373. The second-order valence-electron chi connectivity index (χ2n) is 17.9. The number of hydrogen-bond acceptors (Lipinski definition) is 12. The number of fused-ring (bicyclic) bond motifs is 6. The molecule has 4 aromatic carbocycles. The Morgan fingerprint density at radius 1 is 0.618 bits per heavy atom. The van der Waals surface area contributed by atoms with Gasteiger partial charge in [0, 0.05) is 68.4 Å². The first kappa shape index (κ1) is 54.8. The zero-order valence-corrected chi connectivity index (χ0v) is 41.8. The predicted octanol–water partition coefficient (Wildman–Crippen LogP) is 9.63. The molecule has 0 aromatic heterocycles. The maximum Gasteiger partial charge on any atom is 0.411 e. The number of ether oxygens (including phenoxy) is 4. The van der Waals surface area contributed by atoms with Gasteiger partial charge in [0.1, 0.15) is 46.9 Å². The van der Waals surface area contributed by atoms with Gasteiger partial charge in [0.15, 0.2) is 0 Å². The molecule has 0 bridgehead atoms. The van der Waals surface area contributed by atoms with Crippen LogP contribution >= 0.6 is 15.9 Å². The number of halogens is 1. The van der Waals surface area contributed by atoms with Crippen LogP contribution in [0.3, 0.4) is 0 Å². The normalized spacial score (nSPS) is 19.5. The van der Waals surface area contributed by atoms with E-state index in [0.29, 0.717) is 0 Å². The molecule has 3 radical (unpaired) electrons. The summed E-state index contributed by atoms with van der Waals surface area (Å²) in [6.07, 6.45) is 0.226. The van der Waals surface area contributed by atoms with Crippen LogP contribution < -0.4 is 0 Å². The van der Waals surface area contributed by atoms with Crippen molar-refractivity contribution in [3.05, 3.63) is 124 Å². The third-order valence-corrected chi connectivity index (χ3v) is 11.5. The number of oxime groups is 2. The van der Waals surface area contributed by atoms with Crippen molar-refractivity contribution >= 4 is 66.0 Å². The SMILES string of the molecule is C.C=Cc1ccc2c(c1)C(=NO[C@@H]1C[C@@H](C(=O)OC)N(C(=O)OC(C)(C)C)C1)c1ccccc1-2.COC(=O)[C@@H]1C[C@@H](ON=C2c3ccccc3-c3ccc(Br)cc32)CN1C(=O)OC(C)(C)C.[B].[Pd]. The molecule has 2 aliphatic heterocycles. The Bertz CT molecular complexity index is 2590. The van der Waals surface area contributed by atoms with Gasteiger partial charge in [0.05, 0.1) is 27.3 Å². The minimum atomic E-state index is -0.787. The number of rotatable bonds is 7. The number of benzene rings is 4. The molecule has 2 saturated heterocycles. The van der Waals surface area contributed by atoms with Crippen LogP contribution in [-0.2, 0) is 58.6 Å². The van der Waals surface area contributed by atoms with Crippen LogP contribution in [0.25, 0.3) is 28.3 Å². The van der Waals surface area contributed by atoms with Gasteiger partial charge in [-0.05, 0) is 87.6 Å². The number of carbonyl (C=O) groups excluding carboxylic acids is 4. The van der Waals surface area contributed by atoms with Crippen molar-refractivity contribution in [1.29, 1.82) is 0 Å². The number of methoxy groups -OCH3 is 2. The molecule has 14 nitrogen and oxygen atoms in total. The Labute approximate surface area is 422 Å². The van der Waals surface area contributed by atoms with E-state index in [0.717, 1.165) is 66.0 Å². The van der Waals surface area contributed by atoms with Crippen LogP contribution in [0.4, 0.5) is 9.59 Å². The Balaban J connectivity index is 0.000000284. The van der Waals surface area contributed by atoms with E-state index < -0.39 is 59.6 Å². The summed E-state index contributed by atoms with van der Waals surface area (Å²) in [5, 5.41) is 8.98. The number of amides is 2. The molecular weight excluding hydrogens is 1030 g/mol. The summed E-state index contributed by atoms with van der Waals surface area (Å²) < 4.78 is 21.7. The maximum atomic E-state index is 12.7. The van der Waals surface area contributed by atoms with Gasteiger partial charge in [0.25, 0.3) is 0 Å². The molecule has 2 fully saturated rings. The van der Waals surface area contributed by atoms with Crippen LogP contribution in [0.5, 0.6) is 0 Å². The molecule has 4 aromatic rings. The number of carbonyl (C=O) groups is 4. The molecule has 0 N–H and O–H groups in total. The van der Waals surface area contributed by atoms with Crippen molar-refractivity contribution in [2.45, 2.75) is 97.3 Å². The van der Waals surface area contributed by atoms with Crippen molar-refractivity contribution in [3.8, 4) is 22.3 Å². The molecule has 4 atom stereocenters. The Morgan fingerprint density at radius 2 is 1.00 bits per heavy atom. The number of esters is 2. The Morgan fingerprint density at radius 3 is 1.40 bits per heavy atom. The zero-order chi connectivity index (χ0) is 46.8. The smallest absolute Gasteiger partial charge is 0.411 e. The van der Waals surface area contributed by atoms with E-state index in [4.69, 9.17) is 28.6 Å². The molecule has 2 amide bonds. The van der Waals surface area contributed by atoms with Gasteiger partial charge in [-0.15, -0.1) is 0 Å². The summed E-state index contributed by atoms with van der Waals surface area (Å²) in [6, 6.07) is 26.6. The summed E-state index contributed by atoms with van der Waals surface area (Å²) in [4.78, 5) is 64.5. The van der Waals surface area contributed by atoms with E-state index in [2.05, 4.69) is 51.0 Å². The van der Waals surface area contributed by atoms with E-state index in [1.807, 2.05) is 66.7 Å². The van der Waals surface area contributed by atoms with Gasteiger partial charge in [-0.25, -0.2) is 19.2 Å². The van der Waals surface area contributed by atoms with Crippen LogP contribution in [0.1, 0.15) is 89.6 Å². The number of likely N-dealkylation sites (tertiary alicyclic amines) is 2. The van der Waals surface area contributed by atoms with Gasteiger partial charge in [0.2, 0.25) is 0 Å². The average Bonchev–Trinajstić information content (AvgIpc) is 4.04. The molecule has 361 valence electrons. The van der Waals surface area contributed by atoms with Crippen molar-refractivity contribution in [2.75, 3.05) is 27.3 Å². The van der Waals surface area contributed by atoms with Crippen molar-refractivity contribution in [1.82, 2.24) is 9.80 Å². The zero-order valence-electron chi connectivity index (χ0n) is 38.6. The van der Waals surface area contributed by atoms with Crippen molar-refractivity contribution in [3.63, 3.8) is 0 Å². The van der Waals surface area contributed by atoms with Gasteiger partial charge in [-0.1, -0.05) is 113 Å². The monoisotopic (exact) mass is 1080 g/mol. The fourth-order valence-corrected chi connectivity index (χ4v) is 8.53. The molecular formula is C51H57BBrN4O10Pd. The predicted molar refractivity (Wildman–Crippen MR) is 262 cm³/mol. The maximum absolute atomic E-state index is 12.7. The topological polar surface area (TPSA) is 155 Å². The van der Waals surface area contributed by atoms with Gasteiger partial charge < -0.3 is 28.6 Å². The first-order valence-corrected chi connectivity index (χ1v) is 22.1. The molecule has 4 aliphatic rings. The van der Waals surface area contributed by atoms with Crippen LogP contribution in [-0.4, -0.2) is 117 Å². The largest absolute Gasteiger partial charge is 0.467 e. The van der Waals surface area contributed by atoms with Crippen molar-refractivity contribution in [2.24, 2.45) is 10.3 Å². The van der Waals surface area contributed by atoms with Crippen LogP contribution in [0.2, 0.25) is 0 Å². The summed E-state index contributed by atoms with van der Waals surface area (Å²) in [6.45, 7) is 14.9. The summed E-state index contributed by atoms with van der Waals surface area (Å²) in [7, 11) is 2.60. The Kier molecular flexibility index (Phi) is 18.2. The molecule has 2 aliphatic carbocycles. The summed E-state index contributed by atoms with van der Waals surface area (Å²) in [5.41, 5.74) is 9.27. The summed E-state index contributed by atoms with van der Waals surface area (Å²) >= 11 is 3.53. The molecule has 0 spiro atoms. The van der Waals surface area contributed by atoms with E-state index in [-0.39, 0.29) is 62.2 Å². The second kappa shape index (κ2) is 22.6. The molecule has 8 rings (SSSR count). The van der Waals surface area contributed by atoms with Crippen LogP contribution in [0, 0.1) is 0 Å². The molecule has 17 heteroatoms. The molecule has 0 saturated carbocycles. The molecule has 68 heavy (non-hydrogen) atoms. The number of nitrogens with zero attached hydrogens (tertiary/aromatic N) is 4. The van der Waals surface area contributed by atoms with Gasteiger partial charge in [-0.2, -0.15) is 0 Å². The first-order valence-electron chi connectivity index (χ1n) is 21.3. The number of hydrogen-bond donors (Lipinski definition) is 0. The minimum absolute atomic E-state index is 0. The second-order valence-corrected chi connectivity index (χ2v) is 18.9. The van der Waals surface area contributed by atoms with E-state index >= 15 is 0 Å². The van der Waals surface area contributed by atoms with Gasteiger partial charge in [-0.3, -0.25) is 9.80 Å². The first-order chi connectivity index (χ1) is 30.9. The van der Waals surface area contributed by atoms with Crippen LogP contribution in [0.15, 0.2) is 106 Å². The van der Waals surface area contributed by atoms with E-state index in [9.17, 15) is 19.2 Å². The van der Waals surface area contributed by atoms with Crippen molar-refractivity contribution < 1.29 is 68.2 Å². The van der Waals surface area contributed by atoms with E-state index in [1.54, 1.807) is 47.6 Å². The quantitative estimate of drug-likeness (QED) is 0.0654. The standard InChI is InChI=1S/C26H28N2O5.C24H25BrN2O5.CH4.B.Pd/c1-6-16-11-12-19-18-9-7-8-10-20(18)23(21(19)13-16)27-33-17-14-22(24(29)31-5)28(15-17)25(30)32-26(2,3)4;1-24(2,3)31-23(29)27-13-15(12-20(27)22(28)30-4)32-26-21-18-8-6-5-7-16(18)17-10-9-14(25)11-19(17)21;;;/h6-13,17,22H,1,14-15H2,2-5H3;5-11,15,20H,12-13H2,1-4H3;1H4;;/t17-,22+;15-,20+;;;/m11.../s1. The third kappa shape index (κ3) is 12.1. The molecule has 0 unspecified atom stereocenters. The Hall–Kier alpha value is -5.75.